The molecule has 0 bridgehead atoms. The lowest BCUT2D eigenvalue weighted by molar-refractivity contribution is -0.113. The van der Waals surface area contributed by atoms with Crippen molar-refractivity contribution < 1.29 is 13.7 Å². The molecule has 0 saturated carbocycles. The summed E-state index contributed by atoms with van der Waals surface area (Å²) in [6, 6.07) is 5.02. The molecule has 3 aromatic heterocycles. The smallest absolute Gasteiger partial charge is 0.277 e. The van der Waals surface area contributed by atoms with Crippen LogP contribution in [0.1, 0.15) is 5.76 Å². The van der Waals surface area contributed by atoms with Crippen molar-refractivity contribution in [3.63, 3.8) is 0 Å². The van der Waals surface area contributed by atoms with E-state index in [2.05, 4.69) is 25.7 Å². The molecule has 118 valence electrons. The number of aromatic nitrogens is 4. The van der Waals surface area contributed by atoms with Crippen molar-refractivity contribution in [3.8, 4) is 11.6 Å². The van der Waals surface area contributed by atoms with E-state index in [0.717, 1.165) is 11.8 Å². The van der Waals surface area contributed by atoms with Crippen LogP contribution >= 0.6 is 23.4 Å². The maximum atomic E-state index is 11.9. The molecule has 0 aliphatic carbocycles. The predicted molar refractivity (Wildman–Crippen MR) is 83.1 cm³/mol. The zero-order valence-corrected chi connectivity index (χ0v) is 13.4. The summed E-state index contributed by atoms with van der Waals surface area (Å²) in [6.45, 7) is 1.76. The Morgan fingerprint density at radius 1 is 1.43 bits per heavy atom. The Hall–Kier alpha value is -2.39. The van der Waals surface area contributed by atoms with Crippen molar-refractivity contribution in [2.45, 2.75) is 12.1 Å². The Bertz CT molecular complexity index is 834. The molecule has 0 saturated heterocycles. The summed E-state index contributed by atoms with van der Waals surface area (Å²) in [5, 5.41) is 14.6. The first-order valence-corrected chi connectivity index (χ1v) is 7.78. The minimum Gasteiger partial charge on any atom is -0.409 e. The van der Waals surface area contributed by atoms with Crippen molar-refractivity contribution in [1.29, 1.82) is 0 Å². The molecular formula is C13H10ClN5O3S. The first-order chi connectivity index (χ1) is 11.1. The molecule has 0 aromatic carbocycles. The van der Waals surface area contributed by atoms with Crippen LogP contribution in [0.5, 0.6) is 0 Å². The highest BCUT2D eigenvalue weighted by molar-refractivity contribution is 7.99. The summed E-state index contributed by atoms with van der Waals surface area (Å²) >= 11 is 6.97. The Morgan fingerprint density at radius 2 is 2.30 bits per heavy atom. The largest absolute Gasteiger partial charge is 0.409 e. The molecule has 0 aliphatic heterocycles. The first kappa shape index (κ1) is 15.5. The number of rotatable bonds is 5. The first-order valence-electron chi connectivity index (χ1n) is 6.42. The third-order valence-electron chi connectivity index (χ3n) is 2.61. The molecule has 23 heavy (non-hydrogen) atoms. The third-order valence-corrected chi connectivity index (χ3v) is 3.73. The van der Waals surface area contributed by atoms with Gasteiger partial charge in [0.1, 0.15) is 5.76 Å². The van der Waals surface area contributed by atoms with Gasteiger partial charge in [-0.1, -0.05) is 28.5 Å². The number of nitrogens with one attached hydrogen (secondary N) is 1. The summed E-state index contributed by atoms with van der Waals surface area (Å²) in [7, 11) is 0. The molecule has 8 nitrogen and oxygen atoms in total. The Morgan fingerprint density at radius 3 is 3.04 bits per heavy atom. The van der Waals surface area contributed by atoms with E-state index in [1.807, 2.05) is 0 Å². The van der Waals surface area contributed by atoms with Gasteiger partial charge in [0.25, 0.3) is 11.1 Å². The summed E-state index contributed by atoms with van der Waals surface area (Å²) in [5.41, 5.74) is 0.900. The Balaban J connectivity index is 1.57. The number of nitrogens with zero attached hydrogens (tertiary/aromatic N) is 4. The maximum absolute atomic E-state index is 11.9. The molecule has 3 aromatic rings. The second kappa shape index (κ2) is 6.80. The van der Waals surface area contributed by atoms with E-state index in [-0.39, 0.29) is 27.9 Å². The van der Waals surface area contributed by atoms with E-state index in [1.54, 1.807) is 31.3 Å². The van der Waals surface area contributed by atoms with Crippen LogP contribution in [-0.2, 0) is 4.79 Å². The average Bonchev–Trinajstić information content (AvgIpc) is 3.16. The van der Waals surface area contributed by atoms with Crippen LogP contribution in [-0.4, -0.2) is 32.0 Å². The molecule has 0 atom stereocenters. The molecule has 10 heteroatoms. The van der Waals surface area contributed by atoms with Gasteiger partial charge in [-0.25, -0.2) is 4.98 Å². The fraction of sp³-hybridized carbons (Fsp3) is 0.154. The molecule has 0 aliphatic rings. The predicted octanol–water partition coefficient (Wildman–Crippen LogP) is 2.81. The molecule has 0 fully saturated rings. The summed E-state index contributed by atoms with van der Waals surface area (Å²) in [6.07, 6.45) is 1.54. The van der Waals surface area contributed by atoms with Gasteiger partial charge in [-0.3, -0.25) is 4.79 Å². The number of hydrogen-bond acceptors (Lipinski definition) is 8. The number of carbonyl (C=O) groups is 1. The normalized spacial score (nSPS) is 10.7. The summed E-state index contributed by atoms with van der Waals surface area (Å²) in [5.74, 6) is 0.701. The lowest BCUT2D eigenvalue weighted by Gasteiger charge is -2.04. The van der Waals surface area contributed by atoms with Gasteiger partial charge in [0, 0.05) is 12.3 Å². The molecule has 0 spiro atoms. The lowest BCUT2D eigenvalue weighted by Crippen LogP contribution is -2.14. The van der Waals surface area contributed by atoms with Crippen LogP contribution in [0.25, 0.3) is 11.6 Å². The minimum atomic E-state index is -0.262. The van der Waals surface area contributed by atoms with Gasteiger partial charge in [0.15, 0.2) is 10.8 Å². The van der Waals surface area contributed by atoms with E-state index in [1.165, 1.54) is 0 Å². The van der Waals surface area contributed by atoms with Gasteiger partial charge >= 0.3 is 0 Å². The number of aryl methyl sites for hydroxylation is 1. The molecule has 3 rings (SSSR count). The Labute approximate surface area is 139 Å². The van der Waals surface area contributed by atoms with Crippen molar-refractivity contribution in [1.82, 2.24) is 20.3 Å². The van der Waals surface area contributed by atoms with E-state index in [9.17, 15) is 4.79 Å². The number of hydrogen-bond donors (Lipinski definition) is 1. The fourth-order valence-electron chi connectivity index (χ4n) is 1.63. The molecular weight excluding hydrogens is 342 g/mol. The molecule has 3 heterocycles. The van der Waals surface area contributed by atoms with Crippen molar-refractivity contribution in [3.05, 3.63) is 35.3 Å². The zero-order chi connectivity index (χ0) is 16.2. The Kier molecular flexibility index (Phi) is 4.58. The van der Waals surface area contributed by atoms with Gasteiger partial charge in [-0.2, -0.15) is 0 Å². The highest BCUT2D eigenvalue weighted by Gasteiger charge is 2.14. The van der Waals surface area contributed by atoms with Crippen LogP contribution in [0.4, 0.5) is 5.69 Å². The minimum absolute atomic E-state index is 0.0880. The van der Waals surface area contributed by atoms with Gasteiger partial charge in [-0.15, -0.1) is 10.2 Å². The van der Waals surface area contributed by atoms with Crippen LogP contribution in [0.2, 0.25) is 5.15 Å². The second-order valence-electron chi connectivity index (χ2n) is 4.37. The molecule has 1 amide bonds. The van der Waals surface area contributed by atoms with E-state index < -0.39 is 0 Å². The molecule has 0 unspecified atom stereocenters. The monoisotopic (exact) mass is 351 g/mol. The molecule has 0 radical (unpaired) electrons. The van der Waals surface area contributed by atoms with E-state index >= 15 is 0 Å². The van der Waals surface area contributed by atoms with Crippen molar-refractivity contribution >= 4 is 35.0 Å². The molecule has 1 N–H and O–H groups in total. The van der Waals surface area contributed by atoms with E-state index in [0.29, 0.717) is 17.1 Å². The average molecular weight is 352 g/mol. The van der Waals surface area contributed by atoms with Crippen LogP contribution in [0, 0.1) is 6.92 Å². The van der Waals surface area contributed by atoms with Gasteiger partial charge in [0.05, 0.1) is 11.4 Å². The van der Waals surface area contributed by atoms with Crippen LogP contribution in [0.15, 0.2) is 38.6 Å². The van der Waals surface area contributed by atoms with Crippen molar-refractivity contribution in [2.75, 3.05) is 11.1 Å². The SMILES string of the molecule is Cc1cc(-c2nnc(SCC(=O)Nc3cccnc3Cl)o2)no1. The number of thioether (sulfide) groups is 1. The van der Waals surface area contributed by atoms with Gasteiger partial charge in [0.2, 0.25) is 5.91 Å². The fourth-order valence-corrected chi connectivity index (χ4v) is 2.36. The quantitative estimate of drug-likeness (QED) is 0.552. The van der Waals surface area contributed by atoms with Crippen LogP contribution < -0.4 is 5.32 Å². The second-order valence-corrected chi connectivity index (χ2v) is 5.66. The number of pyridine rings is 1. The topological polar surface area (TPSA) is 107 Å². The summed E-state index contributed by atoms with van der Waals surface area (Å²) in [4.78, 5) is 15.8. The third kappa shape index (κ3) is 3.88. The number of carbonyl (C=O) groups excluding carboxylic acids is 1. The van der Waals surface area contributed by atoms with Gasteiger partial charge < -0.3 is 14.3 Å². The van der Waals surface area contributed by atoms with Crippen molar-refractivity contribution in [2.24, 2.45) is 0 Å². The van der Waals surface area contributed by atoms with Gasteiger partial charge in [-0.05, 0) is 19.1 Å². The maximum Gasteiger partial charge on any atom is 0.277 e. The number of anilines is 1. The highest BCUT2D eigenvalue weighted by Crippen LogP contribution is 2.23. The number of halogens is 1. The standard InChI is InChI=1S/C13H10ClN5O3S/c1-7-5-9(19-22-7)12-17-18-13(21-12)23-6-10(20)16-8-3-2-4-15-11(8)14/h2-5H,6H2,1H3,(H,16,20). The van der Waals surface area contributed by atoms with E-state index in [4.69, 9.17) is 20.5 Å². The highest BCUT2D eigenvalue weighted by atomic mass is 35.5. The zero-order valence-electron chi connectivity index (χ0n) is 11.8. The number of amides is 1. The lowest BCUT2D eigenvalue weighted by atomic mass is 10.4. The summed E-state index contributed by atoms with van der Waals surface area (Å²) < 4.78 is 10.3. The van der Waals surface area contributed by atoms with Crippen LogP contribution in [0.3, 0.4) is 0 Å².